The normalized spacial score (nSPS) is 10.8. The van der Waals surface area contributed by atoms with Crippen molar-refractivity contribution in [3.8, 4) is 0 Å². The quantitative estimate of drug-likeness (QED) is 0.537. The molecule has 1 aromatic carbocycles. The summed E-state index contributed by atoms with van der Waals surface area (Å²) in [5.41, 5.74) is 1.13. The second-order valence-corrected chi connectivity index (χ2v) is 8.23. The van der Waals surface area contributed by atoms with Crippen LogP contribution >= 0.6 is 0 Å². The van der Waals surface area contributed by atoms with Gasteiger partial charge in [0.1, 0.15) is 6.26 Å². The first kappa shape index (κ1) is 24.9. The van der Waals surface area contributed by atoms with Crippen LogP contribution in [0.5, 0.6) is 0 Å². The lowest BCUT2D eigenvalue weighted by Gasteiger charge is -2.23. The molecule has 2 aromatic rings. The van der Waals surface area contributed by atoms with Crippen molar-refractivity contribution in [1.29, 1.82) is 0 Å². The zero-order valence-electron chi connectivity index (χ0n) is 19.3. The molecule has 0 fully saturated rings. The van der Waals surface area contributed by atoms with E-state index in [1.807, 2.05) is 27.7 Å². The van der Waals surface area contributed by atoms with Gasteiger partial charge in [0.25, 0.3) is 5.91 Å². The molecule has 2 rings (SSSR count). The summed E-state index contributed by atoms with van der Waals surface area (Å²) in [6.07, 6.45) is 1.30. The van der Waals surface area contributed by atoms with Crippen molar-refractivity contribution in [1.82, 2.24) is 15.2 Å². The predicted molar refractivity (Wildman–Crippen MR) is 120 cm³/mol. The van der Waals surface area contributed by atoms with E-state index in [1.165, 1.54) is 6.26 Å². The molecule has 0 radical (unpaired) electrons. The van der Waals surface area contributed by atoms with Crippen LogP contribution in [0.4, 0.5) is 10.5 Å². The number of aromatic nitrogens is 1. The number of esters is 1. The standard InChI is InChI=1S/C23H32N4O5/c1-6-31-22(29)17-7-9-18(10-8-17)25-23(30)27(12-16(4)5)13-20-26-19(14-32-20)21(28)24-11-15(2)3/h7-10,14-16H,6,11-13H2,1-5H3,(H,24,28)(H,25,30). The molecule has 3 amide bonds. The number of carbonyl (C=O) groups is 3. The van der Waals surface area contributed by atoms with Crippen molar-refractivity contribution < 1.29 is 23.5 Å². The molecule has 1 aromatic heterocycles. The van der Waals surface area contributed by atoms with Gasteiger partial charge in [-0.05, 0) is 43.0 Å². The molecule has 0 aliphatic rings. The average Bonchev–Trinajstić information content (AvgIpc) is 3.20. The van der Waals surface area contributed by atoms with Crippen molar-refractivity contribution in [2.45, 2.75) is 41.2 Å². The Morgan fingerprint density at radius 3 is 2.38 bits per heavy atom. The molecule has 0 unspecified atom stereocenters. The molecule has 0 bridgehead atoms. The number of anilines is 1. The van der Waals surface area contributed by atoms with Crippen LogP contribution < -0.4 is 10.6 Å². The molecule has 1 heterocycles. The van der Waals surface area contributed by atoms with Gasteiger partial charge >= 0.3 is 12.0 Å². The Hall–Kier alpha value is -3.36. The van der Waals surface area contributed by atoms with Gasteiger partial charge in [0.15, 0.2) is 5.69 Å². The SMILES string of the molecule is CCOC(=O)c1ccc(NC(=O)N(Cc2nc(C(=O)NCC(C)C)co2)CC(C)C)cc1. The Morgan fingerprint density at radius 2 is 1.78 bits per heavy atom. The Balaban J connectivity index is 2.04. The number of hydrogen-bond acceptors (Lipinski definition) is 6. The van der Waals surface area contributed by atoms with Gasteiger partial charge < -0.3 is 24.7 Å². The second-order valence-electron chi connectivity index (χ2n) is 8.23. The van der Waals surface area contributed by atoms with E-state index in [0.717, 1.165) is 0 Å². The fourth-order valence-electron chi connectivity index (χ4n) is 2.81. The number of hydrogen-bond donors (Lipinski definition) is 2. The zero-order chi connectivity index (χ0) is 23.7. The van der Waals surface area contributed by atoms with Crippen molar-refractivity contribution in [2.24, 2.45) is 11.8 Å². The van der Waals surface area contributed by atoms with Crippen LogP contribution in [0.25, 0.3) is 0 Å². The number of amides is 3. The van der Waals surface area contributed by atoms with E-state index in [-0.39, 0.29) is 36.0 Å². The first-order valence-electron chi connectivity index (χ1n) is 10.7. The molecule has 9 nitrogen and oxygen atoms in total. The van der Waals surface area contributed by atoms with Crippen molar-refractivity contribution in [3.05, 3.63) is 47.7 Å². The highest BCUT2D eigenvalue weighted by atomic mass is 16.5. The largest absolute Gasteiger partial charge is 0.462 e. The molecular formula is C23H32N4O5. The highest BCUT2D eigenvalue weighted by Crippen LogP contribution is 2.14. The van der Waals surface area contributed by atoms with E-state index in [9.17, 15) is 14.4 Å². The summed E-state index contributed by atoms with van der Waals surface area (Å²) in [6, 6.07) is 6.12. The van der Waals surface area contributed by atoms with Gasteiger partial charge in [-0.2, -0.15) is 0 Å². The maximum absolute atomic E-state index is 12.9. The van der Waals surface area contributed by atoms with Gasteiger partial charge in [0.2, 0.25) is 5.89 Å². The summed E-state index contributed by atoms with van der Waals surface area (Å²) in [4.78, 5) is 42.6. The van der Waals surface area contributed by atoms with E-state index in [0.29, 0.717) is 36.9 Å². The van der Waals surface area contributed by atoms with Crippen molar-refractivity contribution in [2.75, 3.05) is 25.0 Å². The van der Waals surface area contributed by atoms with E-state index in [2.05, 4.69) is 15.6 Å². The topological polar surface area (TPSA) is 114 Å². The molecule has 0 atom stereocenters. The lowest BCUT2D eigenvalue weighted by molar-refractivity contribution is 0.0526. The third-order valence-corrected chi connectivity index (χ3v) is 4.30. The van der Waals surface area contributed by atoms with Gasteiger partial charge in [0, 0.05) is 18.8 Å². The van der Waals surface area contributed by atoms with Crippen LogP contribution in [-0.4, -0.2) is 47.5 Å². The first-order valence-corrected chi connectivity index (χ1v) is 10.7. The number of ether oxygens (including phenoxy) is 1. The molecule has 0 saturated heterocycles. The van der Waals surface area contributed by atoms with Gasteiger partial charge in [-0.3, -0.25) is 4.79 Å². The van der Waals surface area contributed by atoms with E-state index in [4.69, 9.17) is 9.15 Å². The van der Waals surface area contributed by atoms with Gasteiger partial charge in [-0.1, -0.05) is 27.7 Å². The summed E-state index contributed by atoms with van der Waals surface area (Å²) >= 11 is 0. The maximum Gasteiger partial charge on any atom is 0.338 e. The second kappa shape index (κ2) is 11.9. The van der Waals surface area contributed by atoms with Crippen LogP contribution in [0.2, 0.25) is 0 Å². The molecule has 32 heavy (non-hydrogen) atoms. The summed E-state index contributed by atoms with van der Waals surface area (Å²) < 4.78 is 10.4. The van der Waals surface area contributed by atoms with Crippen molar-refractivity contribution >= 4 is 23.6 Å². The number of carbonyl (C=O) groups excluding carboxylic acids is 3. The minimum atomic E-state index is -0.413. The van der Waals surface area contributed by atoms with Crippen LogP contribution in [0.15, 0.2) is 34.9 Å². The summed E-state index contributed by atoms with van der Waals surface area (Å²) in [5, 5.41) is 5.60. The summed E-state index contributed by atoms with van der Waals surface area (Å²) in [7, 11) is 0. The smallest absolute Gasteiger partial charge is 0.338 e. The molecule has 2 N–H and O–H groups in total. The van der Waals surface area contributed by atoms with E-state index in [1.54, 1.807) is 36.1 Å². The van der Waals surface area contributed by atoms with Crippen LogP contribution in [0.3, 0.4) is 0 Å². The number of benzene rings is 1. The third kappa shape index (κ3) is 7.72. The van der Waals surface area contributed by atoms with Crippen LogP contribution in [0.1, 0.15) is 61.4 Å². The minimum absolute atomic E-state index is 0.113. The molecule has 174 valence electrons. The summed E-state index contributed by atoms with van der Waals surface area (Å²) in [6.45, 7) is 11.1. The fraction of sp³-hybridized carbons (Fsp3) is 0.478. The highest BCUT2D eigenvalue weighted by molar-refractivity contribution is 5.93. The average molecular weight is 445 g/mol. The van der Waals surface area contributed by atoms with Crippen molar-refractivity contribution in [3.63, 3.8) is 0 Å². The Kier molecular flexibility index (Phi) is 9.24. The number of urea groups is 1. The molecule has 0 saturated carbocycles. The first-order chi connectivity index (χ1) is 15.2. The monoisotopic (exact) mass is 444 g/mol. The number of nitrogens with one attached hydrogen (secondary N) is 2. The third-order valence-electron chi connectivity index (χ3n) is 4.30. The molecule has 0 aliphatic heterocycles. The fourth-order valence-corrected chi connectivity index (χ4v) is 2.81. The Morgan fingerprint density at radius 1 is 1.09 bits per heavy atom. The van der Waals surface area contributed by atoms with Gasteiger partial charge in [-0.15, -0.1) is 0 Å². The summed E-state index contributed by atoms with van der Waals surface area (Å²) in [5.74, 6) is 0.0740. The number of nitrogens with zero attached hydrogens (tertiary/aromatic N) is 2. The molecule has 9 heteroatoms. The van der Waals surface area contributed by atoms with Gasteiger partial charge in [-0.25, -0.2) is 14.6 Å². The zero-order valence-corrected chi connectivity index (χ0v) is 19.3. The van der Waals surface area contributed by atoms with E-state index < -0.39 is 5.97 Å². The predicted octanol–water partition coefficient (Wildman–Crippen LogP) is 3.93. The molecule has 0 aliphatic carbocycles. The van der Waals surface area contributed by atoms with Crippen LogP contribution in [-0.2, 0) is 11.3 Å². The lowest BCUT2D eigenvalue weighted by Crippen LogP contribution is -2.37. The lowest BCUT2D eigenvalue weighted by atomic mass is 10.2. The molecular weight excluding hydrogens is 412 g/mol. The Bertz CT molecular complexity index is 905. The number of oxazole rings is 1. The highest BCUT2D eigenvalue weighted by Gasteiger charge is 2.20. The van der Waals surface area contributed by atoms with E-state index >= 15 is 0 Å². The maximum atomic E-state index is 12.9. The minimum Gasteiger partial charge on any atom is -0.462 e. The van der Waals surface area contributed by atoms with Gasteiger partial charge in [0.05, 0.1) is 18.7 Å². The number of rotatable bonds is 10. The Labute approximate surface area is 188 Å². The molecule has 0 spiro atoms. The van der Waals surface area contributed by atoms with Crippen LogP contribution in [0, 0.1) is 11.8 Å².